The maximum absolute atomic E-state index is 14.3. The van der Waals surface area contributed by atoms with Crippen molar-refractivity contribution in [3.8, 4) is 0 Å². The van der Waals surface area contributed by atoms with Crippen LogP contribution in [0.15, 0.2) is 16.6 Å². The number of carbonyl (C=O) groups is 2. The van der Waals surface area contributed by atoms with E-state index in [2.05, 4.69) is 31.7 Å². The summed E-state index contributed by atoms with van der Waals surface area (Å²) in [5.74, 6) is -2.09. The Bertz CT molecular complexity index is 1110. The van der Waals surface area contributed by atoms with Crippen LogP contribution in [0.4, 0.5) is 28.0 Å². The molecule has 1 atom stereocenters. The number of hydrogen-bond donors (Lipinski definition) is 2. The van der Waals surface area contributed by atoms with Gasteiger partial charge in [0.1, 0.15) is 11.5 Å². The molecule has 1 aromatic heterocycles. The van der Waals surface area contributed by atoms with Crippen LogP contribution >= 0.6 is 15.9 Å². The number of halogens is 5. The van der Waals surface area contributed by atoms with E-state index in [9.17, 15) is 27.2 Å². The quantitative estimate of drug-likeness (QED) is 0.446. The van der Waals surface area contributed by atoms with Gasteiger partial charge in [-0.15, -0.1) is 0 Å². The third kappa shape index (κ3) is 4.90. The predicted molar refractivity (Wildman–Crippen MR) is 119 cm³/mol. The summed E-state index contributed by atoms with van der Waals surface area (Å²) in [4.78, 5) is 28.9. The fourth-order valence-corrected chi connectivity index (χ4v) is 4.61. The highest BCUT2D eigenvalue weighted by Gasteiger charge is 2.35. The minimum atomic E-state index is -2.46. The molecule has 0 unspecified atom stereocenters. The Hall–Kier alpha value is -2.67. The molecule has 0 spiro atoms. The third-order valence-corrected chi connectivity index (χ3v) is 6.64. The van der Waals surface area contributed by atoms with Crippen molar-refractivity contribution < 1.29 is 27.2 Å². The molecule has 2 aliphatic rings. The van der Waals surface area contributed by atoms with Crippen molar-refractivity contribution in [2.45, 2.75) is 25.9 Å². The van der Waals surface area contributed by atoms with Crippen molar-refractivity contribution in [3.63, 3.8) is 0 Å². The van der Waals surface area contributed by atoms with Gasteiger partial charge in [0.15, 0.2) is 5.82 Å². The number of fused-ring (bicyclic) bond motifs is 3. The lowest BCUT2D eigenvalue weighted by Crippen LogP contribution is -2.40. The first-order chi connectivity index (χ1) is 16.2. The van der Waals surface area contributed by atoms with Gasteiger partial charge in [0, 0.05) is 51.1 Å². The summed E-state index contributed by atoms with van der Waals surface area (Å²) in [6, 6.07) is 1.58. The molecular weight excluding hydrogens is 524 g/mol. The van der Waals surface area contributed by atoms with Crippen LogP contribution in [-0.2, 0) is 19.5 Å². The lowest BCUT2D eigenvalue weighted by molar-refractivity contribution is 0.0776. The van der Waals surface area contributed by atoms with Gasteiger partial charge < -0.3 is 20.4 Å². The van der Waals surface area contributed by atoms with E-state index in [1.807, 2.05) is 0 Å². The normalized spacial score (nSPS) is 18.1. The summed E-state index contributed by atoms with van der Waals surface area (Å²) in [7, 11) is 1.64. The summed E-state index contributed by atoms with van der Waals surface area (Å²) >= 11 is 2.81. The number of aromatic nitrogens is 2. The predicted octanol–water partition coefficient (Wildman–Crippen LogP) is 3.07. The molecule has 1 aromatic carbocycles. The number of benzene rings is 1. The van der Waals surface area contributed by atoms with Crippen molar-refractivity contribution in [2.75, 3.05) is 38.5 Å². The van der Waals surface area contributed by atoms with Crippen LogP contribution in [0.5, 0.6) is 0 Å². The third-order valence-electron chi connectivity index (χ3n) is 5.91. The molecule has 2 N–H and O–H groups in total. The monoisotopic (exact) mass is 546 g/mol. The molecule has 0 aliphatic carbocycles. The second-order valence-electron chi connectivity index (χ2n) is 8.38. The zero-order valence-electron chi connectivity index (χ0n) is 18.3. The van der Waals surface area contributed by atoms with Gasteiger partial charge in [-0.2, -0.15) is 5.10 Å². The van der Waals surface area contributed by atoms with Gasteiger partial charge in [-0.3, -0.25) is 9.48 Å². The Morgan fingerprint density at radius 2 is 2.06 bits per heavy atom. The van der Waals surface area contributed by atoms with Crippen LogP contribution in [0.3, 0.4) is 0 Å². The second-order valence-corrected chi connectivity index (χ2v) is 9.17. The van der Waals surface area contributed by atoms with Crippen molar-refractivity contribution in [1.29, 1.82) is 0 Å². The number of urea groups is 1. The Labute approximate surface area is 201 Å². The van der Waals surface area contributed by atoms with Crippen LogP contribution in [0.25, 0.3) is 0 Å². The van der Waals surface area contributed by atoms with Crippen LogP contribution in [-0.4, -0.2) is 71.2 Å². The lowest BCUT2D eigenvalue weighted by atomic mass is 10.0. The Morgan fingerprint density at radius 3 is 2.79 bits per heavy atom. The van der Waals surface area contributed by atoms with Gasteiger partial charge in [0.25, 0.3) is 12.3 Å². The average molecular weight is 547 g/mol. The molecule has 13 heteroatoms. The summed E-state index contributed by atoms with van der Waals surface area (Å²) in [6.45, 7) is 1.01. The summed E-state index contributed by atoms with van der Waals surface area (Å²) < 4.78 is 53.9. The number of carbonyl (C=O) groups excluding carboxylic acids is 2. The van der Waals surface area contributed by atoms with Gasteiger partial charge in [0.2, 0.25) is 0 Å². The molecule has 4 rings (SSSR count). The van der Waals surface area contributed by atoms with Gasteiger partial charge >= 0.3 is 6.03 Å². The molecular formula is C21H23BrF4N6O2. The molecule has 3 amide bonds. The number of rotatable bonds is 5. The molecule has 0 bridgehead atoms. The SMILES string of the molecule is CN1C[C@@H](CNCC(F)F)Cn2nc3c(c2C1=O)CN(C(=O)Nc1ccc(F)c(Br)c1F)CC3. The van der Waals surface area contributed by atoms with Gasteiger partial charge in [-0.05, 0) is 28.1 Å². The molecule has 0 saturated heterocycles. The van der Waals surface area contributed by atoms with Gasteiger partial charge in [-0.25, -0.2) is 22.4 Å². The smallest absolute Gasteiger partial charge is 0.322 e. The zero-order chi connectivity index (χ0) is 24.6. The first-order valence-corrected chi connectivity index (χ1v) is 11.5. The number of hydrogen-bond acceptors (Lipinski definition) is 4. The van der Waals surface area contributed by atoms with Crippen molar-refractivity contribution in [3.05, 3.63) is 45.2 Å². The first-order valence-electron chi connectivity index (χ1n) is 10.7. The number of amides is 3. The molecule has 0 radical (unpaired) electrons. The molecule has 0 saturated carbocycles. The zero-order valence-corrected chi connectivity index (χ0v) is 19.8. The summed E-state index contributed by atoms with van der Waals surface area (Å²) in [5.41, 5.74) is 1.49. The van der Waals surface area contributed by atoms with Crippen molar-refractivity contribution >= 4 is 33.6 Å². The minimum Gasteiger partial charge on any atom is -0.340 e. The van der Waals surface area contributed by atoms with Crippen LogP contribution in [0, 0.1) is 17.6 Å². The van der Waals surface area contributed by atoms with Crippen LogP contribution in [0.1, 0.15) is 21.7 Å². The first kappa shape index (κ1) is 24.5. The minimum absolute atomic E-state index is 0.0916. The number of nitrogens with zero attached hydrogens (tertiary/aromatic N) is 4. The molecule has 2 aliphatic heterocycles. The Kier molecular flexibility index (Phi) is 7.12. The highest BCUT2D eigenvalue weighted by atomic mass is 79.9. The number of alkyl halides is 2. The van der Waals surface area contributed by atoms with Crippen LogP contribution < -0.4 is 10.6 Å². The standard InChI is InChI=1S/C21H23BrF4N6O2/c1-30-8-11(6-27-7-16(24)25)9-32-19(20(30)33)12-10-31(5-4-14(12)29-32)21(34)28-15-3-2-13(23)17(22)18(15)26/h2-3,11,16,27H,4-10H2,1H3,(H,28,34)/t11-/m1/s1. The summed E-state index contributed by atoms with van der Waals surface area (Å²) in [5, 5.41) is 9.74. The molecule has 34 heavy (non-hydrogen) atoms. The fraction of sp³-hybridized carbons (Fsp3) is 0.476. The fourth-order valence-electron chi connectivity index (χ4n) is 4.27. The second kappa shape index (κ2) is 9.90. The maximum atomic E-state index is 14.3. The molecule has 2 aromatic rings. The van der Waals surface area contributed by atoms with E-state index in [1.165, 1.54) is 9.80 Å². The summed E-state index contributed by atoms with van der Waals surface area (Å²) in [6.07, 6.45) is -2.07. The molecule has 8 nitrogen and oxygen atoms in total. The van der Waals surface area contributed by atoms with E-state index in [-0.39, 0.29) is 28.5 Å². The molecule has 184 valence electrons. The topological polar surface area (TPSA) is 82.5 Å². The molecule has 3 heterocycles. The maximum Gasteiger partial charge on any atom is 0.322 e. The number of anilines is 1. The Morgan fingerprint density at radius 1 is 1.29 bits per heavy atom. The van der Waals surface area contributed by atoms with E-state index in [1.54, 1.807) is 11.7 Å². The highest BCUT2D eigenvalue weighted by molar-refractivity contribution is 9.10. The Balaban J connectivity index is 1.52. The van der Waals surface area contributed by atoms with Crippen molar-refractivity contribution in [1.82, 2.24) is 24.9 Å². The van der Waals surface area contributed by atoms with Crippen molar-refractivity contribution in [2.24, 2.45) is 5.92 Å². The van der Waals surface area contributed by atoms with Gasteiger partial charge in [-0.1, -0.05) is 0 Å². The lowest BCUT2D eigenvalue weighted by Gasteiger charge is -2.27. The van der Waals surface area contributed by atoms with E-state index in [0.29, 0.717) is 49.6 Å². The van der Waals surface area contributed by atoms with E-state index >= 15 is 0 Å². The van der Waals surface area contributed by atoms with E-state index < -0.39 is 30.6 Å². The van der Waals surface area contributed by atoms with Gasteiger partial charge in [0.05, 0.1) is 28.9 Å². The van der Waals surface area contributed by atoms with E-state index in [0.717, 1.165) is 12.1 Å². The highest BCUT2D eigenvalue weighted by Crippen LogP contribution is 2.29. The average Bonchev–Trinajstić information content (AvgIpc) is 3.09. The van der Waals surface area contributed by atoms with Crippen LogP contribution in [0.2, 0.25) is 0 Å². The largest absolute Gasteiger partial charge is 0.340 e. The molecule has 0 fully saturated rings. The van der Waals surface area contributed by atoms with E-state index in [4.69, 9.17) is 0 Å². The number of nitrogens with one attached hydrogen (secondary N) is 2.